The number of halogens is 1. The van der Waals surface area contributed by atoms with Gasteiger partial charge in [-0.25, -0.2) is 9.37 Å². The van der Waals surface area contributed by atoms with Crippen molar-refractivity contribution in [3.05, 3.63) is 83.2 Å². The van der Waals surface area contributed by atoms with Crippen molar-refractivity contribution in [1.29, 1.82) is 0 Å². The Kier molecular flexibility index (Phi) is 4.65. The first-order valence-corrected chi connectivity index (χ1v) is 9.11. The number of fused-ring (bicyclic) bond motifs is 1. The van der Waals surface area contributed by atoms with Gasteiger partial charge in [0.1, 0.15) is 11.3 Å². The highest BCUT2D eigenvalue weighted by Gasteiger charge is 2.13. The van der Waals surface area contributed by atoms with E-state index in [1.54, 1.807) is 0 Å². The Morgan fingerprint density at radius 3 is 2.61 bits per heavy atom. The predicted octanol–water partition coefficient (Wildman–Crippen LogP) is 5.76. The van der Waals surface area contributed by atoms with Gasteiger partial charge in [0.05, 0.1) is 0 Å². The number of nitrogens with zero attached hydrogens (tertiary/aromatic N) is 1. The fourth-order valence-electron chi connectivity index (χ4n) is 3.00. The molecule has 4 nitrogen and oxygen atoms in total. The second-order valence-electron chi connectivity index (χ2n) is 6.67. The van der Waals surface area contributed by atoms with Crippen LogP contribution in [0.1, 0.15) is 28.4 Å². The smallest absolute Gasteiger partial charge is 0.255 e. The highest BCUT2D eigenvalue weighted by Crippen LogP contribution is 2.28. The lowest BCUT2D eigenvalue weighted by Crippen LogP contribution is -2.12. The molecule has 140 valence electrons. The van der Waals surface area contributed by atoms with E-state index in [0.29, 0.717) is 17.1 Å². The van der Waals surface area contributed by atoms with Gasteiger partial charge in [-0.05, 0) is 73.0 Å². The molecule has 0 aliphatic heterocycles. The van der Waals surface area contributed by atoms with Crippen molar-refractivity contribution in [3.63, 3.8) is 0 Å². The van der Waals surface area contributed by atoms with Crippen LogP contribution in [0, 0.1) is 12.7 Å². The van der Waals surface area contributed by atoms with Gasteiger partial charge in [0.25, 0.3) is 5.91 Å². The largest absolute Gasteiger partial charge is 0.436 e. The molecule has 0 unspecified atom stereocenters. The van der Waals surface area contributed by atoms with Crippen molar-refractivity contribution >= 4 is 22.7 Å². The molecule has 0 aliphatic carbocycles. The van der Waals surface area contributed by atoms with Gasteiger partial charge < -0.3 is 9.73 Å². The molecule has 5 heteroatoms. The van der Waals surface area contributed by atoms with Crippen molar-refractivity contribution in [1.82, 2.24) is 4.98 Å². The fraction of sp³-hybridized carbons (Fsp3) is 0.130. The van der Waals surface area contributed by atoms with Crippen molar-refractivity contribution in [2.75, 3.05) is 5.32 Å². The molecule has 0 bridgehead atoms. The zero-order valence-electron chi connectivity index (χ0n) is 15.6. The molecule has 1 heterocycles. The maximum atomic E-state index is 13.1. The average Bonchev–Trinajstić information content (AvgIpc) is 3.13. The lowest BCUT2D eigenvalue weighted by molar-refractivity contribution is 0.102. The number of oxazole rings is 1. The first-order chi connectivity index (χ1) is 13.5. The summed E-state index contributed by atoms with van der Waals surface area (Å²) in [6, 6.07) is 17.1. The van der Waals surface area contributed by atoms with Crippen LogP contribution in [0.2, 0.25) is 0 Å². The van der Waals surface area contributed by atoms with Crippen molar-refractivity contribution in [2.24, 2.45) is 0 Å². The summed E-state index contributed by atoms with van der Waals surface area (Å²) in [6.07, 6.45) is 0.933. The Bertz CT molecular complexity index is 1160. The number of anilines is 1. The summed E-state index contributed by atoms with van der Waals surface area (Å²) < 4.78 is 19.0. The van der Waals surface area contributed by atoms with Crippen LogP contribution in [0.25, 0.3) is 22.6 Å². The summed E-state index contributed by atoms with van der Waals surface area (Å²) in [5.74, 6) is -0.178. The number of hydrogen-bond acceptors (Lipinski definition) is 3. The predicted molar refractivity (Wildman–Crippen MR) is 108 cm³/mol. The molecular formula is C23H19FN2O2. The second kappa shape index (κ2) is 7.27. The third-order valence-corrected chi connectivity index (χ3v) is 4.70. The first-order valence-electron chi connectivity index (χ1n) is 9.11. The zero-order valence-corrected chi connectivity index (χ0v) is 15.6. The summed E-state index contributed by atoms with van der Waals surface area (Å²) >= 11 is 0. The number of carbonyl (C=O) groups is 1. The standard InChI is InChI=1S/C23H19FN2O2/c1-3-15-5-11-21-20(12-15)26-23(28-21)17-6-4-14(2)19(13-17)25-22(27)16-7-9-18(24)10-8-16/h4-13H,3H2,1-2H3,(H,25,27). The quantitative estimate of drug-likeness (QED) is 0.494. The van der Waals surface area contributed by atoms with E-state index in [4.69, 9.17) is 4.42 Å². The molecule has 0 atom stereocenters. The minimum Gasteiger partial charge on any atom is -0.436 e. The van der Waals surface area contributed by atoms with Crippen LogP contribution in [0.3, 0.4) is 0 Å². The maximum absolute atomic E-state index is 13.1. The lowest BCUT2D eigenvalue weighted by atomic mass is 10.1. The number of aromatic nitrogens is 1. The Hall–Kier alpha value is -3.47. The van der Waals surface area contributed by atoms with E-state index in [1.807, 2.05) is 43.3 Å². The summed E-state index contributed by atoms with van der Waals surface area (Å²) in [4.78, 5) is 17.1. The highest BCUT2D eigenvalue weighted by molar-refractivity contribution is 6.04. The molecule has 28 heavy (non-hydrogen) atoms. The van der Waals surface area contributed by atoms with E-state index in [9.17, 15) is 9.18 Å². The molecule has 0 fully saturated rings. The number of hydrogen-bond donors (Lipinski definition) is 1. The van der Waals surface area contributed by atoms with Gasteiger partial charge in [0, 0.05) is 16.8 Å². The molecule has 0 aliphatic rings. The van der Waals surface area contributed by atoms with E-state index in [-0.39, 0.29) is 11.7 Å². The molecule has 0 spiro atoms. The van der Waals surface area contributed by atoms with E-state index < -0.39 is 0 Å². The number of rotatable bonds is 4. The lowest BCUT2D eigenvalue weighted by Gasteiger charge is -2.09. The molecular weight excluding hydrogens is 355 g/mol. The Balaban J connectivity index is 1.65. The Morgan fingerprint density at radius 2 is 1.86 bits per heavy atom. The van der Waals surface area contributed by atoms with E-state index in [1.165, 1.54) is 29.8 Å². The van der Waals surface area contributed by atoms with Crippen LogP contribution in [0.4, 0.5) is 10.1 Å². The number of nitrogens with one attached hydrogen (secondary N) is 1. The molecule has 0 saturated heterocycles. The van der Waals surface area contributed by atoms with Crippen molar-refractivity contribution in [2.45, 2.75) is 20.3 Å². The second-order valence-corrected chi connectivity index (χ2v) is 6.67. The summed E-state index contributed by atoms with van der Waals surface area (Å²) in [7, 11) is 0. The van der Waals surface area contributed by atoms with E-state index in [0.717, 1.165) is 28.6 Å². The van der Waals surface area contributed by atoms with Crippen LogP contribution in [-0.4, -0.2) is 10.9 Å². The van der Waals surface area contributed by atoms with E-state index in [2.05, 4.69) is 17.2 Å². The van der Waals surface area contributed by atoms with Crippen molar-refractivity contribution < 1.29 is 13.6 Å². The van der Waals surface area contributed by atoms with Crippen LogP contribution in [0.15, 0.2) is 65.1 Å². The number of aryl methyl sites for hydroxylation is 2. The monoisotopic (exact) mass is 374 g/mol. The molecule has 1 N–H and O–H groups in total. The third kappa shape index (κ3) is 3.51. The van der Waals surface area contributed by atoms with Crippen LogP contribution >= 0.6 is 0 Å². The van der Waals surface area contributed by atoms with Gasteiger partial charge in [-0.15, -0.1) is 0 Å². The molecule has 0 radical (unpaired) electrons. The topological polar surface area (TPSA) is 55.1 Å². The maximum Gasteiger partial charge on any atom is 0.255 e. The molecule has 0 saturated carbocycles. The Labute approximate surface area is 162 Å². The molecule has 1 amide bonds. The van der Waals surface area contributed by atoms with Gasteiger partial charge in [0.2, 0.25) is 5.89 Å². The summed E-state index contributed by atoms with van der Waals surface area (Å²) in [5, 5.41) is 2.88. The normalized spacial score (nSPS) is 11.0. The summed E-state index contributed by atoms with van der Waals surface area (Å²) in [6.45, 7) is 4.00. The first kappa shape index (κ1) is 17.9. The number of amides is 1. The third-order valence-electron chi connectivity index (χ3n) is 4.70. The zero-order chi connectivity index (χ0) is 19.7. The van der Waals surface area contributed by atoms with Crippen LogP contribution < -0.4 is 5.32 Å². The molecule has 3 aromatic carbocycles. The van der Waals surface area contributed by atoms with Gasteiger partial charge in [0.15, 0.2) is 5.58 Å². The van der Waals surface area contributed by atoms with Crippen LogP contribution in [-0.2, 0) is 6.42 Å². The highest BCUT2D eigenvalue weighted by atomic mass is 19.1. The van der Waals surface area contributed by atoms with Crippen LogP contribution in [0.5, 0.6) is 0 Å². The van der Waals surface area contributed by atoms with E-state index >= 15 is 0 Å². The van der Waals surface area contributed by atoms with Gasteiger partial charge in [-0.3, -0.25) is 4.79 Å². The number of carbonyl (C=O) groups excluding carboxylic acids is 1. The average molecular weight is 374 g/mol. The van der Waals surface area contributed by atoms with Gasteiger partial charge >= 0.3 is 0 Å². The summed E-state index contributed by atoms with van der Waals surface area (Å²) in [5.41, 5.74) is 5.46. The number of benzene rings is 3. The minimum atomic E-state index is -0.378. The van der Waals surface area contributed by atoms with Gasteiger partial charge in [-0.2, -0.15) is 0 Å². The van der Waals surface area contributed by atoms with Crippen molar-refractivity contribution in [3.8, 4) is 11.5 Å². The molecule has 1 aromatic heterocycles. The fourth-order valence-corrected chi connectivity index (χ4v) is 3.00. The molecule has 4 rings (SSSR count). The Morgan fingerprint density at radius 1 is 1.07 bits per heavy atom. The van der Waals surface area contributed by atoms with Gasteiger partial charge in [-0.1, -0.05) is 19.1 Å². The minimum absolute atomic E-state index is 0.301. The SMILES string of the molecule is CCc1ccc2oc(-c3ccc(C)c(NC(=O)c4ccc(F)cc4)c3)nc2c1. The molecule has 4 aromatic rings.